The predicted octanol–water partition coefficient (Wildman–Crippen LogP) is 0.430. The van der Waals surface area contributed by atoms with Crippen molar-refractivity contribution in [2.45, 2.75) is 19.9 Å². The van der Waals surface area contributed by atoms with Gasteiger partial charge < -0.3 is 15.4 Å². The molecule has 0 bridgehead atoms. The molecule has 1 heterocycles. The molecule has 18 heavy (non-hydrogen) atoms. The minimum atomic E-state index is -0.136. The minimum absolute atomic E-state index is 0.136. The van der Waals surface area contributed by atoms with E-state index in [1.807, 2.05) is 20.0 Å². The summed E-state index contributed by atoms with van der Waals surface area (Å²) in [5, 5.41) is 10.2. The molecule has 0 atom stereocenters. The second kappa shape index (κ2) is 7.84. The van der Waals surface area contributed by atoms with Crippen LogP contribution in [0.5, 0.6) is 0 Å². The molecule has 0 saturated heterocycles. The summed E-state index contributed by atoms with van der Waals surface area (Å²) in [7, 11) is 1.66. The van der Waals surface area contributed by atoms with Crippen LogP contribution in [0.1, 0.15) is 30.4 Å². The number of aromatic nitrogens is 2. The van der Waals surface area contributed by atoms with Crippen LogP contribution in [0.25, 0.3) is 0 Å². The van der Waals surface area contributed by atoms with Gasteiger partial charge in [-0.1, -0.05) is 0 Å². The summed E-state index contributed by atoms with van der Waals surface area (Å²) in [6.45, 7) is 6.81. The Morgan fingerprint density at radius 3 is 2.83 bits per heavy atom. The molecule has 0 radical (unpaired) electrons. The van der Waals surface area contributed by atoms with Crippen molar-refractivity contribution in [1.82, 2.24) is 20.4 Å². The highest BCUT2D eigenvalue weighted by molar-refractivity contribution is 5.92. The third-order valence-electron chi connectivity index (χ3n) is 2.44. The summed E-state index contributed by atoms with van der Waals surface area (Å²) in [5.41, 5.74) is 0.459. The number of nitrogens with zero attached hydrogens (tertiary/aromatic N) is 2. The minimum Gasteiger partial charge on any atom is -0.383 e. The van der Waals surface area contributed by atoms with Gasteiger partial charge in [-0.3, -0.25) is 9.48 Å². The van der Waals surface area contributed by atoms with Gasteiger partial charge in [-0.2, -0.15) is 5.10 Å². The SMILES string of the molecule is COCCNCCNC(=O)c1ccn(C(C)C)n1. The molecule has 1 aromatic heterocycles. The fraction of sp³-hybridized carbons (Fsp3) is 0.667. The third-order valence-corrected chi connectivity index (χ3v) is 2.44. The summed E-state index contributed by atoms with van der Waals surface area (Å²) in [6.07, 6.45) is 1.82. The molecule has 6 heteroatoms. The van der Waals surface area contributed by atoms with Gasteiger partial charge in [0.2, 0.25) is 0 Å². The third kappa shape index (κ3) is 4.85. The number of amides is 1. The van der Waals surface area contributed by atoms with Crippen molar-refractivity contribution in [3.8, 4) is 0 Å². The highest BCUT2D eigenvalue weighted by Crippen LogP contribution is 2.03. The number of methoxy groups -OCH3 is 1. The number of nitrogens with one attached hydrogen (secondary N) is 2. The second-order valence-corrected chi connectivity index (χ2v) is 4.27. The lowest BCUT2D eigenvalue weighted by atomic mass is 10.4. The molecule has 0 saturated carbocycles. The molecule has 0 unspecified atom stereocenters. The largest absolute Gasteiger partial charge is 0.383 e. The molecule has 0 aromatic carbocycles. The standard InChI is InChI=1S/C12H22N4O2/c1-10(2)16-8-4-11(15-16)12(17)14-6-5-13-7-9-18-3/h4,8,10,13H,5-7,9H2,1-3H3,(H,14,17). The van der Waals surface area contributed by atoms with Crippen molar-refractivity contribution in [1.29, 1.82) is 0 Å². The van der Waals surface area contributed by atoms with Crippen LogP contribution in [-0.4, -0.2) is 49.0 Å². The zero-order chi connectivity index (χ0) is 13.4. The van der Waals surface area contributed by atoms with Crippen LogP contribution >= 0.6 is 0 Å². The Balaban J connectivity index is 2.23. The van der Waals surface area contributed by atoms with Crippen molar-refractivity contribution in [3.63, 3.8) is 0 Å². The van der Waals surface area contributed by atoms with Crippen LogP contribution in [0.3, 0.4) is 0 Å². The number of hydrogen-bond donors (Lipinski definition) is 2. The molecule has 0 aliphatic carbocycles. The number of rotatable bonds is 8. The van der Waals surface area contributed by atoms with E-state index in [1.54, 1.807) is 17.9 Å². The topological polar surface area (TPSA) is 68.2 Å². The normalized spacial score (nSPS) is 10.9. The average Bonchev–Trinajstić information content (AvgIpc) is 2.83. The molecule has 102 valence electrons. The monoisotopic (exact) mass is 254 g/mol. The van der Waals surface area contributed by atoms with Crippen LogP contribution in [-0.2, 0) is 4.74 Å². The average molecular weight is 254 g/mol. The van der Waals surface area contributed by atoms with Crippen LogP contribution < -0.4 is 10.6 Å². The number of ether oxygens (including phenoxy) is 1. The number of carbonyl (C=O) groups excluding carboxylic acids is 1. The Labute approximate surface area is 108 Å². The van der Waals surface area contributed by atoms with E-state index in [0.717, 1.165) is 13.1 Å². The fourth-order valence-corrected chi connectivity index (χ4v) is 1.40. The highest BCUT2D eigenvalue weighted by atomic mass is 16.5. The first-order valence-corrected chi connectivity index (χ1v) is 6.18. The van der Waals surface area contributed by atoms with Crippen LogP contribution in [0.4, 0.5) is 0 Å². The van der Waals surface area contributed by atoms with Gasteiger partial charge in [0.15, 0.2) is 0 Å². The maximum Gasteiger partial charge on any atom is 0.271 e. The molecular weight excluding hydrogens is 232 g/mol. The van der Waals surface area contributed by atoms with Gasteiger partial charge >= 0.3 is 0 Å². The Bertz CT molecular complexity index is 363. The lowest BCUT2D eigenvalue weighted by Gasteiger charge is -2.06. The molecule has 0 aliphatic heterocycles. The Morgan fingerprint density at radius 1 is 1.44 bits per heavy atom. The molecular formula is C12H22N4O2. The summed E-state index contributed by atoms with van der Waals surface area (Å²) >= 11 is 0. The molecule has 1 amide bonds. The van der Waals surface area contributed by atoms with Gasteiger partial charge in [-0.25, -0.2) is 0 Å². The number of carbonyl (C=O) groups is 1. The molecule has 2 N–H and O–H groups in total. The van der Waals surface area contributed by atoms with Crippen molar-refractivity contribution in [3.05, 3.63) is 18.0 Å². The van der Waals surface area contributed by atoms with Gasteiger partial charge in [-0.15, -0.1) is 0 Å². The van der Waals surface area contributed by atoms with Crippen molar-refractivity contribution in [2.24, 2.45) is 0 Å². The first kappa shape index (κ1) is 14.7. The second-order valence-electron chi connectivity index (χ2n) is 4.27. The zero-order valence-electron chi connectivity index (χ0n) is 11.3. The Morgan fingerprint density at radius 2 is 2.22 bits per heavy atom. The molecule has 1 rings (SSSR count). The van der Waals surface area contributed by atoms with E-state index in [2.05, 4.69) is 15.7 Å². The van der Waals surface area contributed by atoms with Crippen LogP contribution in [0.15, 0.2) is 12.3 Å². The van der Waals surface area contributed by atoms with Crippen molar-refractivity contribution < 1.29 is 9.53 Å². The molecule has 6 nitrogen and oxygen atoms in total. The maximum atomic E-state index is 11.7. The van der Waals surface area contributed by atoms with E-state index >= 15 is 0 Å². The van der Waals surface area contributed by atoms with Gasteiger partial charge in [0.05, 0.1) is 6.61 Å². The van der Waals surface area contributed by atoms with Crippen molar-refractivity contribution >= 4 is 5.91 Å². The predicted molar refractivity (Wildman–Crippen MR) is 69.7 cm³/mol. The smallest absolute Gasteiger partial charge is 0.271 e. The quantitative estimate of drug-likeness (QED) is 0.660. The summed E-state index contributed by atoms with van der Waals surface area (Å²) in [4.78, 5) is 11.7. The van der Waals surface area contributed by atoms with Gasteiger partial charge in [-0.05, 0) is 19.9 Å². The molecule has 1 aromatic rings. The number of hydrogen-bond acceptors (Lipinski definition) is 4. The van der Waals surface area contributed by atoms with Gasteiger partial charge in [0.1, 0.15) is 5.69 Å². The van der Waals surface area contributed by atoms with Gasteiger partial charge in [0.25, 0.3) is 5.91 Å². The van der Waals surface area contributed by atoms with Gasteiger partial charge in [0, 0.05) is 39.0 Å². The summed E-state index contributed by atoms with van der Waals surface area (Å²) < 4.78 is 6.67. The van der Waals surface area contributed by atoms with E-state index in [9.17, 15) is 4.79 Å². The first-order valence-electron chi connectivity index (χ1n) is 6.18. The summed E-state index contributed by atoms with van der Waals surface area (Å²) in [6, 6.07) is 2.00. The first-order chi connectivity index (χ1) is 8.65. The fourth-order valence-electron chi connectivity index (χ4n) is 1.40. The van der Waals surface area contributed by atoms with E-state index in [4.69, 9.17) is 4.74 Å². The molecule has 0 fully saturated rings. The van der Waals surface area contributed by atoms with Crippen molar-refractivity contribution in [2.75, 3.05) is 33.4 Å². The summed E-state index contributed by atoms with van der Waals surface area (Å²) in [5.74, 6) is -0.136. The van der Waals surface area contributed by atoms with E-state index in [-0.39, 0.29) is 11.9 Å². The van der Waals surface area contributed by atoms with E-state index in [1.165, 1.54) is 0 Å². The molecule has 0 aliphatic rings. The molecule has 0 spiro atoms. The Kier molecular flexibility index (Phi) is 6.38. The highest BCUT2D eigenvalue weighted by Gasteiger charge is 2.09. The maximum absolute atomic E-state index is 11.7. The Hall–Kier alpha value is -1.40. The zero-order valence-corrected chi connectivity index (χ0v) is 11.3. The van der Waals surface area contributed by atoms with E-state index in [0.29, 0.717) is 18.8 Å². The van der Waals surface area contributed by atoms with Crippen LogP contribution in [0, 0.1) is 0 Å². The lowest BCUT2D eigenvalue weighted by molar-refractivity contribution is 0.0947. The van der Waals surface area contributed by atoms with E-state index < -0.39 is 0 Å². The van der Waals surface area contributed by atoms with Crippen LogP contribution in [0.2, 0.25) is 0 Å². The lowest BCUT2D eigenvalue weighted by Crippen LogP contribution is -2.33.